The van der Waals surface area contributed by atoms with Gasteiger partial charge in [-0.05, 0) is 77.3 Å². The number of carbonyl (C=O) groups excluding carboxylic acids is 3. The number of nitrogens with two attached hydrogens (primary N) is 1. The van der Waals surface area contributed by atoms with Gasteiger partial charge in [0.2, 0.25) is 15.8 Å². The van der Waals surface area contributed by atoms with E-state index < -0.39 is 33.5 Å². The molecular formula is C31H40N4O8S. The number of ketones is 1. The van der Waals surface area contributed by atoms with Gasteiger partial charge in [-0.25, -0.2) is 13.2 Å². The van der Waals surface area contributed by atoms with Gasteiger partial charge >= 0.3 is 12.1 Å². The number of nitrogens with zero attached hydrogens (tertiary/aromatic N) is 1. The van der Waals surface area contributed by atoms with Gasteiger partial charge in [-0.15, -0.1) is 0 Å². The first-order valence-corrected chi connectivity index (χ1v) is 16.1. The summed E-state index contributed by atoms with van der Waals surface area (Å²) in [5.41, 5.74) is 6.23. The fraction of sp³-hybridized carbons (Fsp3) is 0.452. The van der Waals surface area contributed by atoms with Crippen LogP contribution in [0, 0.1) is 0 Å². The van der Waals surface area contributed by atoms with Gasteiger partial charge in [-0.1, -0.05) is 18.2 Å². The van der Waals surface area contributed by atoms with Gasteiger partial charge < -0.3 is 29.8 Å². The number of aromatic nitrogens is 1. The van der Waals surface area contributed by atoms with E-state index in [9.17, 15) is 22.8 Å². The fourth-order valence-electron chi connectivity index (χ4n) is 4.96. The third kappa shape index (κ3) is 8.36. The Morgan fingerprint density at radius 2 is 1.86 bits per heavy atom. The van der Waals surface area contributed by atoms with E-state index in [-0.39, 0.29) is 47.9 Å². The van der Waals surface area contributed by atoms with E-state index in [1.807, 2.05) is 26.8 Å². The lowest BCUT2D eigenvalue weighted by molar-refractivity contribution is -0.143. The third-order valence-corrected chi connectivity index (χ3v) is 8.45. The van der Waals surface area contributed by atoms with Crippen molar-refractivity contribution in [1.29, 1.82) is 0 Å². The lowest BCUT2D eigenvalue weighted by Gasteiger charge is -2.36. The number of aromatic amines is 1. The van der Waals surface area contributed by atoms with Crippen LogP contribution in [-0.4, -0.2) is 73.7 Å². The lowest BCUT2D eigenvalue weighted by atomic mass is 10.0. The number of likely N-dealkylation sites (tertiary alicyclic amines) is 1. The normalized spacial score (nSPS) is 16.4. The van der Waals surface area contributed by atoms with Crippen molar-refractivity contribution in [3.05, 3.63) is 59.8 Å². The molecule has 1 fully saturated rings. The summed E-state index contributed by atoms with van der Waals surface area (Å²) in [6.45, 7) is 8.15. The molecule has 2 atom stereocenters. The first kappa shape index (κ1) is 33.0. The Morgan fingerprint density at radius 1 is 1.11 bits per heavy atom. The lowest BCUT2D eigenvalue weighted by Crippen LogP contribution is -2.48. The van der Waals surface area contributed by atoms with E-state index in [1.54, 1.807) is 30.0 Å². The average molecular weight is 629 g/mol. The fourth-order valence-corrected chi connectivity index (χ4v) is 6.12. The molecule has 13 heteroatoms. The van der Waals surface area contributed by atoms with Gasteiger partial charge in [0.05, 0.1) is 35.8 Å². The SMILES string of the molecule is CCOC(=O)C[C@@H](N)NS(=O)(=O)c1cccc(C(=O)c2cc3c(OCC4CCCCN4C(=O)OC(C)(C)C)cccc3[nH]2)c1. The first-order valence-electron chi connectivity index (χ1n) is 14.6. The number of carbonyl (C=O) groups is 3. The standard InChI is InChI=1S/C31H40N4O8S/c1-5-41-28(36)18-27(32)34-44(39,40)22-12-8-10-20(16-22)29(37)25-17-23-24(33-25)13-9-14-26(23)42-19-21-11-6-7-15-35(21)30(38)43-31(2,3)4/h8-10,12-14,16-17,21,27,33-34H,5-7,11,15,18-19,32H2,1-4H3/t21?,27-/m0/s1. The molecular weight excluding hydrogens is 588 g/mol. The van der Waals surface area contributed by atoms with Crippen molar-refractivity contribution >= 4 is 38.8 Å². The summed E-state index contributed by atoms with van der Waals surface area (Å²) in [4.78, 5) is 42.6. The van der Waals surface area contributed by atoms with Crippen LogP contribution < -0.4 is 15.2 Å². The highest BCUT2D eigenvalue weighted by Crippen LogP contribution is 2.29. The monoisotopic (exact) mass is 628 g/mol. The van der Waals surface area contributed by atoms with Crippen LogP contribution in [0.3, 0.4) is 0 Å². The van der Waals surface area contributed by atoms with E-state index in [2.05, 4.69) is 9.71 Å². The molecule has 1 aliphatic heterocycles. The third-order valence-electron chi connectivity index (χ3n) is 6.96. The summed E-state index contributed by atoms with van der Waals surface area (Å²) >= 11 is 0. The second kappa shape index (κ2) is 13.8. The number of hydrogen-bond acceptors (Lipinski definition) is 9. The van der Waals surface area contributed by atoms with E-state index in [1.165, 1.54) is 24.3 Å². The van der Waals surface area contributed by atoms with Crippen molar-refractivity contribution in [3.8, 4) is 5.75 Å². The van der Waals surface area contributed by atoms with Crippen molar-refractivity contribution in [2.75, 3.05) is 19.8 Å². The molecule has 1 amide bonds. The second-order valence-electron chi connectivity index (χ2n) is 11.6. The molecule has 44 heavy (non-hydrogen) atoms. The number of amides is 1. The van der Waals surface area contributed by atoms with Crippen molar-refractivity contribution in [2.24, 2.45) is 5.73 Å². The maximum atomic E-state index is 13.5. The van der Waals surface area contributed by atoms with E-state index in [0.717, 1.165) is 19.3 Å². The van der Waals surface area contributed by atoms with Gasteiger partial charge in [-0.3, -0.25) is 9.59 Å². The number of hydrogen-bond donors (Lipinski definition) is 3. The topological polar surface area (TPSA) is 170 Å². The van der Waals surface area contributed by atoms with Gasteiger partial charge in [0.1, 0.15) is 18.0 Å². The van der Waals surface area contributed by atoms with Gasteiger partial charge in [0, 0.05) is 23.0 Å². The zero-order chi connectivity index (χ0) is 32.1. The van der Waals surface area contributed by atoms with Crippen LogP contribution in [0.5, 0.6) is 5.75 Å². The Morgan fingerprint density at radius 3 is 2.59 bits per heavy atom. The number of H-pyrrole nitrogens is 1. The molecule has 0 radical (unpaired) electrons. The Hall–Kier alpha value is -3.94. The molecule has 2 heterocycles. The summed E-state index contributed by atoms with van der Waals surface area (Å²) in [5, 5.41) is 0.672. The number of rotatable bonds is 11. The molecule has 1 aliphatic rings. The molecule has 4 N–H and O–H groups in total. The number of fused-ring (bicyclic) bond motifs is 1. The second-order valence-corrected chi connectivity index (χ2v) is 13.3. The summed E-state index contributed by atoms with van der Waals surface area (Å²) in [5.74, 6) is -0.514. The van der Waals surface area contributed by atoms with Crippen LogP contribution in [0.1, 0.15) is 69.4 Å². The number of ether oxygens (including phenoxy) is 3. The van der Waals surface area contributed by atoms with Crippen LogP contribution in [0.15, 0.2) is 53.4 Å². The molecule has 12 nitrogen and oxygen atoms in total. The predicted octanol–water partition coefficient (Wildman–Crippen LogP) is 4.08. The quantitative estimate of drug-likeness (QED) is 0.161. The zero-order valence-electron chi connectivity index (χ0n) is 25.4. The maximum Gasteiger partial charge on any atom is 0.410 e. The maximum absolute atomic E-state index is 13.5. The number of esters is 1. The van der Waals surface area contributed by atoms with Crippen LogP contribution in [0.4, 0.5) is 4.79 Å². The van der Waals surface area contributed by atoms with Gasteiger partial charge in [0.25, 0.3) is 0 Å². The zero-order valence-corrected chi connectivity index (χ0v) is 26.2. The number of benzene rings is 2. The van der Waals surface area contributed by atoms with Gasteiger partial charge in [-0.2, -0.15) is 4.72 Å². The smallest absolute Gasteiger partial charge is 0.410 e. The minimum Gasteiger partial charge on any atom is -0.491 e. The summed E-state index contributed by atoms with van der Waals surface area (Å²) < 4.78 is 44.7. The molecule has 0 spiro atoms. The predicted molar refractivity (Wildman–Crippen MR) is 164 cm³/mol. The minimum atomic E-state index is -4.13. The van der Waals surface area contributed by atoms with Crippen LogP contribution in [0.25, 0.3) is 10.9 Å². The largest absolute Gasteiger partial charge is 0.491 e. The van der Waals surface area contributed by atoms with Gasteiger partial charge in [0.15, 0.2) is 0 Å². The number of sulfonamides is 1. The Labute approximate surface area is 257 Å². The van der Waals surface area contributed by atoms with Crippen LogP contribution >= 0.6 is 0 Å². The molecule has 0 aliphatic carbocycles. The van der Waals surface area contributed by atoms with E-state index in [4.69, 9.17) is 19.9 Å². The Bertz CT molecular complexity index is 1610. The minimum absolute atomic E-state index is 0.135. The summed E-state index contributed by atoms with van der Waals surface area (Å²) in [7, 11) is -4.13. The highest BCUT2D eigenvalue weighted by Gasteiger charge is 2.31. The van der Waals surface area contributed by atoms with Crippen molar-refractivity contribution in [1.82, 2.24) is 14.6 Å². The molecule has 2 aromatic carbocycles. The van der Waals surface area contributed by atoms with Crippen molar-refractivity contribution in [3.63, 3.8) is 0 Å². The highest BCUT2D eigenvalue weighted by molar-refractivity contribution is 7.89. The average Bonchev–Trinajstić information content (AvgIpc) is 3.40. The molecule has 1 aromatic heterocycles. The summed E-state index contributed by atoms with van der Waals surface area (Å²) in [6, 6.07) is 12.5. The van der Waals surface area contributed by atoms with Crippen LogP contribution in [-0.2, 0) is 24.3 Å². The molecule has 1 unspecified atom stereocenters. The molecule has 4 rings (SSSR count). The highest BCUT2D eigenvalue weighted by atomic mass is 32.2. The Balaban J connectivity index is 1.49. The summed E-state index contributed by atoms with van der Waals surface area (Å²) in [6.07, 6.45) is 0.753. The van der Waals surface area contributed by atoms with Crippen LogP contribution in [0.2, 0.25) is 0 Å². The molecule has 238 valence electrons. The molecule has 0 saturated carbocycles. The number of nitrogens with one attached hydrogen (secondary N) is 2. The molecule has 1 saturated heterocycles. The van der Waals surface area contributed by atoms with Crippen molar-refractivity contribution in [2.45, 2.75) is 76.1 Å². The number of piperidine rings is 1. The first-order chi connectivity index (χ1) is 20.8. The van der Waals surface area contributed by atoms with E-state index >= 15 is 0 Å². The molecule has 0 bridgehead atoms. The van der Waals surface area contributed by atoms with E-state index in [0.29, 0.717) is 23.2 Å². The Kier molecular flexibility index (Phi) is 10.3. The molecule has 3 aromatic rings. The van der Waals surface area contributed by atoms with Crippen molar-refractivity contribution < 1.29 is 37.0 Å².